The molecule has 12 heteroatoms. The molecule has 0 aliphatic carbocycles. The highest BCUT2D eigenvalue weighted by atomic mass is 35.5. The Morgan fingerprint density at radius 3 is 2.44 bits per heavy atom. The van der Waals surface area contributed by atoms with E-state index in [0.29, 0.717) is 17.5 Å². The number of oxime groups is 1. The number of carboxylic acids is 1. The van der Waals surface area contributed by atoms with Crippen LogP contribution in [-0.4, -0.2) is 84.2 Å². The minimum absolute atomic E-state index is 0.0429. The average molecular weight is 637 g/mol. The van der Waals surface area contributed by atoms with Gasteiger partial charge < -0.3 is 24.6 Å². The molecule has 6 rings (SSSR count). The first kappa shape index (κ1) is 30.7. The Kier molecular flexibility index (Phi) is 8.56. The van der Waals surface area contributed by atoms with E-state index in [1.165, 1.54) is 17.0 Å². The number of nitrogens with zero attached hydrogens (tertiary/aromatic N) is 4. The lowest BCUT2D eigenvalue weighted by atomic mass is 9.86. The van der Waals surface area contributed by atoms with Crippen LogP contribution in [0.25, 0.3) is 0 Å². The van der Waals surface area contributed by atoms with E-state index >= 15 is 0 Å². The predicted molar refractivity (Wildman–Crippen MR) is 164 cm³/mol. The second kappa shape index (κ2) is 12.6. The molecule has 234 valence electrons. The van der Waals surface area contributed by atoms with Crippen LogP contribution < -0.4 is 4.90 Å². The number of Topliss-reactive ketones (excluding diaryl/α,β-unsaturated/α-hetero) is 1. The second-order valence-corrected chi connectivity index (χ2v) is 11.9. The summed E-state index contributed by atoms with van der Waals surface area (Å²) in [6.45, 7) is 3.68. The number of hydrogen-bond donors (Lipinski definition) is 1. The molecule has 0 spiro atoms. The van der Waals surface area contributed by atoms with Gasteiger partial charge in [0.15, 0.2) is 11.6 Å². The van der Waals surface area contributed by atoms with Crippen LogP contribution in [0, 0.1) is 11.6 Å². The van der Waals surface area contributed by atoms with Crippen molar-refractivity contribution in [2.24, 2.45) is 5.16 Å². The minimum Gasteiger partial charge on any atom is -0.478 e. The van der Waals surface area contributed by atoms with Gasteiger partial charge in [0.1, 0.15) is 11.9 Å². The number of ketones is 1. The molecule has 3 aliphatic heterocycles. The topological polar surface area (TPSA) is 103 Å². The first-order chi connectivity index (χ1) is 21.6. The SMILES string of the molecule is CN1CCN(c2cccc3c2CCN(C(=O)C2CC(c4c(F)ccc(Cl)c4F)=NO2)C3C(=O)Cc2ccc(C(=O)O)cc2)CC1. The zero-order valence-corrected chi connectivity index (χ0v) is 25.3. The molecule has 0 saturated carbocycles. The average Bonchev–Trinajstić information content (AvgIpc) is 3.52. The number of rotatable bonds is 7. The van der Waals surface area contributed by atoms with Crippen LogP contribution in [0.3, 0.4) is 0 Å². The van der Waals surface area contributed by atoms with Crippen LogP contribution in [0.4, 0.5) is 14.5 Å². The molecule has 2 atom stereocenters. The summed E-state index contributed by atoms with van der Waals surface area (Å²) in [5.41, 5.74) is 2.92. The maximum Gasteiger partial charge on any atom is 0.335 e. The third-order valence-corrected chi connectivity index (χ3v) is 8.98. The van der Waals surface area contributed by atoms with Gasteiger partial charge in [-0.1, -0.05) is 41.0 Å². The molecular formula is C33H31ClF2N4O5. The van der Waals surface area contributed by atoms with E-state index in [1.54, 1.807) is 12.1 Å². The Bertz CT molecular complexity index is 1690. The van der Waals surface area contributed by atoms with Crippen molar-refractivity contribution in [3.63, 3.8) is 0 Å². The normalized spacial score (nSPS) is 20.0. The molecular weight excluding hydrogens is 606 g/mol. The van der Waals surface area contributed by atoms with Crippen molar-refractivity contribution in [3.8, 4) is 0 Å². The lowest BCUT2D eigenvalue weighted by molar-refractivity contribution is -0.149. The summed E-state index contributed by atoms with van der Waals surface area (Å²) in [5.74, 6) is -3.71. The number of fused-ring (bicyclic) bond motifs is 1. The molecule has 2 unspecified atom stereocenters. The minimum atomic E-state index is -1.19. The summed E-state index contributed by atoms with van der Waals surface area (Å²) < 4.78 is 29.3. The number of amides is 1. The lowest BCUT2D eigenvalue weighted by Gasteiger charge is -2.41. The largest absolute Gasteiger partial charge is 0.478 e. The van der Waals surface area contributed by atoms with Crippen molar-refractivity contribution in [2.45, 2.75) is 31.4 Å². The Balaban J connectivity index is 1.31. The monoisotopic (exact) mass is 636 g/mol. The van der Waals surface area contributed by atoms with Crippen molar-refractivity contribution in [2.75, 3.05) is 44.7 Å². The Morgan fingerprint density at radius 2 is 1.73 bits per heavy atom. The Labute approximate surface area is 263 Å². The molecule has 0 radical (unpaired) electrons. The number of piperazine rings is 1. The van der Waals surface area contributed by atoms with Gasteiger partial charge in [0.2, 0.25) is 6.10 Å². The fraction of sp³-hybridized carbons (Fsp3) is 0.333. The molecule has 1 saturated heterocycles. The van der Waals surface area contributed by atoms with Crippen molar-refractivity contribution < 1.29 is 33.1 Å². The van der Waals surface area contributed by atoms with Gasteiger partial charge in [-0.15, -0.1) is 0 Å². The van der Waals surface area contributed by atoms with Gasteiger partial charge in [-0.05, 0) is 60.5 Å². The molecule has 3 aliphatic rings. The van der Waals surface area contributed by atoms with Gasteiger partial charge >= 0.3 is 5.97 Å². The number of anilines is 1. The molecule has 1 N–H and O–H groups in total. The number of aromatic carboxylic acids is 1. The smallest absolute Gasteiger partial charge is 0.335 e. The lowest BCUT2D eigenvalue weighted by Crippen LogP contribution is -2.49. The van der Waals surface area contributed by atoms with E-state index in [1.807, 2.05) is 18.2 Å². The van der Waals surface area contributed by atoms with E-state index in [9.17, 15) is 28.3 Å². The zero-order chi connectivity index (χ0) is 31.8. The zero-order valence-electron chi connectivity index (χ0n) is 24.5. The number of hydrogen-bond acceptors (Lipinski definition) is 7. The first-order valence-electron chi connectivity index (χ1n) is 14.7. The molecule has 1 amide bonds. The highest BCUT2D eigenvalue weighted by molar-refractivity contribution is 6.31. The number of carbonyl (C=O) groups excluding carboxylic acids is 2. The van der Waals surface area contributed by atoms with Crippen LogP contribution in [0.2, 0.25) is 5.02 Å². The van der Waals surface area contributed by atoms with E-state index in [0.717, 1.165) is 49.6 Å². The first-order valence-corrected chi connectivity index (χ1v) is 15.1. The molecule has 9 nitrogen and oxygen atoms in total. The van der Waals surface area contributed by atoms with Crippen LogP contribution in [-0.2, 0) is 27.3 Å². The van der Waals surface area contributed by atoms with Gasteiger partial charge in [0.25, 0.3) is 5.91 Å². The second-order valence-electron chi connectivity index (χ2n) is 11.5. The number of halogens is 3. The summed E-state index contributed by atoms with van der Waals surface area (Å²) in [6, 6.07) is 13.0. The summed E-state index contributed by atoms with van der Waals surface area (Å²) in [5, 5.41) is 12.8. The van der Waals surface area contributed by atoms with Crippen molar-refractivity contribution >= 4 is 40.7 Å². The van der Waals surface area contributed by atoms with Gasteiger partial charge in [0.05, 0.1) is 21.9 Å². The fourth-order valence-electron chi connectivity index (χ4n) is 6.28. The molecule has 3 aromatic rings. The van der Waals surface area contributed by atoms with E-state index in [2.05, 4.69) is 22.0 Å². The van der Waals surface area contributed by atoms with Crippen LogP contribution in [0.1, 0.15) is 45.1 Å². The standard InChI is InChI=1S/C33H31ClF2N4O5/c1-38-13-15-39(16-14-38)26-4-2-3-22-21(26)11-12-40(31(22)27(41)17-19-5-7-20(8-6-19)33(43)44)32(42)28-18-25(37-45-28)29-24(35)10-9-23(34)30(29)36/h2-10,28,31H,11-18H2,1H3,(H,43,44). The van der Waals surface area contributed by atoms with E-state index < -0.39 is 41.2 Å². The van der Waals surface area contributed by atoms with Gasteiger partial charge in [-0.2, -0.15) is 0 Å². The van der Waals surface area contributed by atoms with Crippen LogP contribution >= 0.6 is 11.6 Å². The van der Waals surface area contributed by atoms with E-state index in [-0.39, 0.29) is 41.5 Å². The molecule has 3 aromatic carbocycles. The third kappa shape index (κ3) is 6.02. The van der Waals surface area contributed by atoms with Crippen LogP contribution in [0.15, 0.2) is 59.8 Å². The third-order valence-electron chi connectivity index (χ3n) is 8.68. The quantitative estimate of drug-likeness (QED) is 0.381. The van der Waals surface area contributed by atoms with Gasteiger partial charge in [-0.25, -0.2) is 13.6 Å². The maximum atomic E-state index is 14.7. The molecule has 3 heterocycles. The number of carbonyl (C=O) groups is 3. The predicted octanol–water partition coefficient (Wildman–Crippen LogP) is 4.50. The van der Waals surface area contributed by atoms with E-state index in [4.69, 9.17) is 16.4 Å². The molecule has 0 bridgehead atoms. The fourth-order valence-corrected chi connectivity index (χ4v) is 6.43. The van der Waals surface area contributed by atoms with Gasteiger partial charge in [-0.3, -0.25) is 9.59 Å². The Hall–Kier alpha value is -4.35. The molecule has 45 heavy (non-hydrogen) atoms. The van der Waals surface area contributed by atoms with Crippen LogP contribution in [0.5, 0.6) is 0 Å². The summed E-state index contributed by atoms with van der Waals surface area (Å²) >= 11 is 5.87. The van der Waals surface area contributed by atoms with Crippen molar-refractivity contribution in [1.82, 2.24) is 9.80 Å². The molecule has 0 aromatic heterocycles. The van der Waals surface area contributed by atoms with Crippen molar-refractivity contribution in [3.05, 3.63) is 99.1 Å². The summed E-state index contributed by atoms with van der Waals surface area (Å²) in [7, 11) is 2.08. The summed E-state index contributed by atoms with van der Waals surface area (Å²) in [4.78, 5) is 50.9. The highest BCUT2D eigenvalue weighted by Crippen LogP contribution is 2.38. The number of carboxylic acid groups (broad SMARTS) is 1. The Morgan fingerprint density at radius 1 is 1.00 bits per heavy atom. The number of likely N-dealkylation sites (N-methyl/N-ethyl adjacent to an activating group) is 1. The molecule has 1 fully saturated rings. The summed E-state index contributed by atoms with van der Waals surface area (Å²) in [6.07, 6.45) is -0.933. The maximum absolute atomic E-state index is 14.7. The van der Waals surface area contributed by atoms with Gasteiger partial charge in [0, 0.05) is 51.3 Å². The number of benzene rings is 3. The van der Waals surface area contributed by atoms with Crippen molar-refractivity contribution in [1.29, 1.82) is 0 Å². The highest BCUT2D eigenvalue weighted by Gasteiger charge is 2.42.